The molecule has 2 aromatic heterocycles. The van der Waals surface area contributed by atoms with Gasteiger partial charge in [-0.05, 0) is 128 Å². The highest BCUT2D eigenvalue weighted by Crippen LogP contribution is 2.31. The van der Waals surface area contributed by atoms with Gasteiger partial charge in [0.05, 0.1) is 6.26 Å². The first-order valence-corrected chi connectivity index (χ1v) is 20.5. The Bertz CT molecular complexity index is 2100. The number of rotatable bonds is 10. The number of anilines is 2. The van der Waals surface area contributed by atoms with Crippen LogP contribution in [-0.4, -0.2) is 101 Å². The number of aryl methyl sites for hydroxylation is 1. The number of nitrogens with zero attached hydrogens (tertiary/aromatic N) is 5. The lowest BCUT2D eigenvalue weighted by Crippen LogP contribution is -2.37. The molecule has 0 aliphatic carbocycles. The highest BCUT2D eigenvalue weighted by atomic mass is 32.2. The highest BCUT2D eigenvalue weighted by Gasteiger charge is 2.27. The summed E-state index contributed by atoms with van der Waals surface area (Å²) in [5.74, 6) is 5.04. The SMILES string of the molecule is C=S(=O)(c1ccc(C)c(-c2cc3cnc(Nc4ccc(C5CCCNC5)cc4)nc3n(CCN(C)S(C)(=O)=O)c2=O)c1)C1CCN(C)CC1. The molecule has 2 N–H and O–H groups in total. The summed E-state index contributed by atoms with van der Waals surface area (Å²) in [6, 6.07) is 15.7. The molecule has 4 aromatic rings. The molecule has 11 nitrogen and oxygen atoms in total. The van der Waals surface area contributed by atoms with Gasteiger partial charge >= 0.3 is 0 Å². The summed E-state index contributed by atoms with van der Waals surface area (Å²) in [4.78, 5) is 26.6. The Hall–Kier alpha value is -3.62. The average Bonchev–Trinajstić information content (AvgIpc) is 3.08. The molecular weight excluding hydrogens is 659 g/mol. The Morgan fingerprint density at radius 3 is 2.45 bits per heavy atom. The number of nitrogens with one attached hydrogen (secondary N) is 2. The lowest BCUT2D eigenvalue weighted by molar-refractivity contribution is 0.280. The number of benzene rings is 2. The van der Waals surface area contributed by atoms with Gasteiger partial charge in [0.1, 0.15) is 5.65 Å². The predicted octanol–water partition coefficient (Wildman–Crippen LogP) is 4.04. The number of sulfonamides is 1. The second kappa shape index (κ2) is 14.3. The zero-order chi connectivity index (χ0) is 34.9. The zero-order valence-electron chi connectivity index (χ0n) is 28.8. The molecule has 6 rings (SSSR count). The van der Waals surface area contributed by atoms with Crippen molar-refractivity contribution in [2.45, 2.75) is 55.2 Å². The maximum absolute atomic E-state index is 14.4. The van der Waals surface area contributed by atoms with Gasteiger partial charge in [-0.15, -0.1) is 0 Å². The van der Waals surface area contributed by atoms with Crippen molar-refractivity contribution in [2.24, 2.45) is 0 Å². The predicted molar refractivity (Wildman–Crippen MR) is 200 cm³/mol. The molecule has 2 aromatic carbocycles. The van der Waals surface area contributed by atoms with Crippen molar-refractivity contribution in [1.82, 2.24) is 29.1 Å². The van der Waals surface area contributed by atoms with Crippen molar-refractivity contribution in [3.8, 4) is 11.1 Å². The quantitative estimate of drug-likeness (QED) is 0.235. The van der Waals surface area contributed by atoms with Crippen molar-refractivity contribution in [3.05, 3.63) is 76.2 Å². The van der Waals surface area contributed by atoms with Gasteiger partial charge in [-0.2, -0.15) is 4.98 Å². The van der Waals surface area contributed by atoms with Gasteiger partial charge in [-0.25, -0.2) is 17.7 Å². The first-order chi connectivity index (χ1) is 23.3. The lowest BCUT2D eigenvalue weighted by atomic mass is 9.92. The molecule has 0 amide bonds. The fourth-order valence-corrected chi connectivity index (χ4v) is 9.18. The van der Waals surface area contributed by atoms with E-state index in [-0.39, 0.29) is 23.9 Å². The summed E-state index contributed by atoms with van der Waals surface area (Å²) in [5, 5.41) is 7.32. The number of fused-ring (bicyclic) bond motifs is 1. The molecule has 2 fully saturated rings. The van der Waals surface area contributed by atoms with Crippen LogP contribution in [0.1, 0.15) is 42.7 Å². The van der Waals surface area contributed by atoms with E-state index in [2.05, 4.69) is 45.6 Å². The van der Waals surface area contributed by atoms with Gasteiger partial charge in [0.15, 0.2) is 0 Å². The minimum Gasteiger partial charge on any atom is -0.324 e. The van der Waals surface area contributed by atoms with Crippen molar-refractivity contribution in [3.63, 3.8) is 0 Å². The van der Waals surface area contributed by atoms with E-state index < -0.39 is 19.5 Å². The molecule has 4 heterocycles. The fraction of sp³-hybridized carbons (Fsp3) is 0.444. The van der Waals surface area contributed by atoms with Crippen LogP contribution in [0.3, 0.4) is 0 Å². The van der Waals surface area contributed by atoms with E-state index in [0.29, 0.717) is 38.9 Å². The topological polar surface area (TPSA) is 130 Å². The van der Waals surface area contributed by atoms with Crippen molar-refractivity contribution < 1.29 is 12.6 Å². The van der Waals surface area contributed by atoms with Crippen LogP contribution in [0.5, 0.6) is 0 Å². The monoisotopic (exact) mass is 705 g/mol. The number of hydrogen-bond acceptors (Lipinski definition) is 9. The van der Waals surface area contributed by atoms with Crippen LogP contribution < -0.4 is 16.2 Å². The van der Waals surface area contributed by atoms with Crippen LogP contribution in [-0.2, 0) is 26.1 Å². The highest BCUT2D eigenvalue weighted by molar-refractivity contribution is 8.00. The standard InChI is InChI=1S/C36H47N7O4S2/c1-25-8-13-31(48(4,45)30-14-17-41(2)18-15-30)22-32(25)33-21-28-24-38-36(39-29-11-9-26(10-12-29)27-7-6-16-37-23-27)40-34(28)43(35(33)44)20-19-42(3)49(5,46)47/h8-13,21-22,24,27,30,37H,4,6-7,14-20,23H2,1-3,5H3,(H,38,39,40). The minimum absolute atomic E-state index is 0.0427. The van der Waals surface area contributed by atoms with Crippen LogP contribution >= 0.6 is 0 Å². The molecule has 2 saturated heterocycles. The Balaban J connectivity index is 1.38. The molecule has 2 aliphatic heterocycles. The first kappa shape index (κ1) is 35.2. The Labute approximate surface area is 289 Å². The van der Waals surface area contributed by atoms with E-state index in [1.165, 1.54) is 27.9 Å². The summed E-state index contributed by atoms with van der Waals surface area (Å²) >= 11 is 0. The van der Waals surface area contributed by atoms with Gasteiger partial charge in [0.2, 0.25) is 16.0 Å². The molecule has 0 radical (unpaired) electrons. The fourth-order valence-electron chi connectivity index (χ4n) is 6.79. The third-order valence-electron chi connectivity index (χ3n) is 10.1. The van der Waals surface area contributed by atoms with Crippen molar-refractivity contribution in [1.29, 1.82) is 0 Å². The van der Waals surface area contributed by atoms with Gasteiger partial charge < -0.3 is 15.5 Å². The molecule has 2 atom stereocenters. The third kappa shape index (κ3) is 7.76. The van der Waals surface area contributed by atoms with Gasteiger partial charge in [0, 0.05) is 59.7 Å². The van der Waals surface area contributed by atoms with Gasteiger partial charge in [0.25, 0.3) is 5.56 Å². The molecule has 13 heteroatoms. The molecule has 0 bridgehead atoms. The Morgan fingerprint density at radius 1 is 1.04 bits per heavy atom. The lowest BCUT2D eigenvalue weighted by Gasteiger charge is -2.31. The zero-order valence-corrected chi connectivity index (χ0v) is 30.4. The normalized spacial score (nSPS) is 19.2. The number of piperidine rings is 2. The summed E-state index contributed by atoms with van der Waals surface area (Å²) < 4.78 is 41.4. The Kier molecular flexibility index (Phi) is 10.3. The summed E-state index contributed by atoms with van der Waals surface area (Å²) in [7, 11) is -2.55. The Morgan fingerprint density at radius 2 is 1.78 bits per heavy atom. The number of likely N-dealkylation sites (N-methyl/N-ethyl adjacent to an activating group) is 1. The molecule has 0 saturated carbocycles. The van der Waals surface area contributed by atoms with Crippen LogP contribution in [0, 0.1) is 6.92 Å². The largest absolute Gasteiger partial charge is 0.324 e. The second-order valence-corrected chi connectivity index (χ2v) is 18.2. The average molecular weight is 706 g/mol. The molecule has 0 spiro atoms. The molecule has 2 aliphatic rings. The molecule has 49 heavy (non-hydrogen) atoms. The van der Waals surface area contributed by atoms with E-state index in [0.717, 1.165) is 62.9 Å². The van der Waals surface area contributed by atoms with Gasteiger partial charge in [-0.1, -0.05) is 18.2 Å². The van der Waals surface area contributed by atoms with E-state index in [1.54, 1.807) is 12.3 Å². The first-order valence-electron chi connectivity index (χ1n) is 16.9. The number of pyridine rings is 1. The van der Waals surface area contributed by atoms with Crippen molar-refractivity contribution >= 4 is 48.1 Å². The number of hydrogen-bond donors (Lipinski definition) is 2. The summed E-state index contributed by atoms with van der Waals surface area (Å²) in [5.41, 5.74) is 4.10. The maximum atomic E-state index is 14.4. The molecule has 2 unspecified atom stereocenters. The van der Waals surface area contributed by atoms with Crippen LogP contribution in [0.15, 0.2) is 64.4 Å². The number of aromatic nitrogens is 3. The molecular formula is C36H47N7O4S2. The van der Waals surface area contributed by atoms with Crippen LogP contribution in [0.4, 0.5) is 11.6 Å². The smallest absolute Gasteiger partial charge is 0.260 e. The van der Waals surface area contributed by atoms with Gasteiger partial charge in [-0.3, -0.25) is 13.6 Å². The number of likely N-dealkylation sites (tertiary alicyclic amines) is 1. The van der Waals surface area contributed by atoms with Crippen molar-refractivity contribution in [2.75, 3.05) is 58.4 Å². The van der Waals surface area contributed by atoms with Crippen LogP contribution in [0.2, 0.25) is 0 Å². The maximum Gasteiger partial charge on any atom is 0.260 e. The van der Waals surface area contributed by atoms with E-state index in [4.69, 9.17) is 4.98 Å². The summed E-state index contributed by atoms with van der Waals surface area (Å²) in [6.07, 6.45) is 6.74. The van der Waals surface area contributed by atoms with E-state index in [9.17, 15) is 17.4 Å². The summed E-state index contributed by atoms with van der Waals surface area (Å²) in [6.45, 7) is 5.85. The third-order valence-corrected chi connectivity index (χ3v) is 14.0. The van der Waals surface area contributed by atoms with E-state index in [1.807, 2.05) is 37.3 Å². The minimum atomic E-state index is -3.48. The van der Waals surface area contributed by atoms with Crippen LogP contribution in [0.25, 0.3) is 22.2 Å². The van der Waals surface area contributed by atoms with E-state index >= 15 is 0 Å². The second-order valence-electron chi connectivity index (χ2n) is 13.6. The molecule has 262 valence electrons.